The van der Waals surface area contributed by atoms with Crippen molar-refractivity contribution in [2.75, 3.05) is 17.6 Å². The molecule has 2 heterocycles. The van der Waals surface area contributed by atoms with Crippen LogP contribution in [0.4, 0.5) is 5.69 Å². The molecule has 0 aliphatic carbocycles. The lowest BCUT2D eigenvalue weighted by atomic mass is 10.0. The van der Waals surface area contributed by atoms with Crippen molar-refractivity contribution in [2.24, 2.45) is 7.05 Å². The normalized spacial score (nSPS) is 15.5. The van der Waals surface area contributed by atoms with E-state index in [2.05, 4.69) is 14.9 Å². The van der Waals surface area contributed by atoms with Crippen LogP contribution in [-0.2, 0) is 22.4 Å². The third-order valence-corrected chi connectivity index (χ3v) is 7.40. The maximum absolute atomic E-state index is 13.2. The molecule has 2 amide bonds. The Morgan fingerprint density at radius 3 is 2.57 bits per heavy atom. The fourth-order valence-electron chi connectivity index (χ4n) is 4.65. The van der Waals surface area contributed by atoms with Gasteiger partial charge in [-0.05, 0) is 36.6 Å². The van der Waals surface area contributed by atoms with Gasteiger partial charge in [-0.1, -0.05) is 60.7 Å². The number of hydrogen-bond acceptors (Lipinski definition) is 4. The molecule has 178 valence electrons. The molecule has 1 aliphatic heterocycles. The van der Waals surface area contributed by atoms with Gasteiger partial charge in [0.15, 0.2) is 0 Å². The van der Waals surface area contributed by atoms with E-state index in [0.29, 0.717) is 24.5 Å². The average Bonchev–Trinajstić information content (AvgIpc) is 3.50. The maximum atomic E-state index is 13.2. The minimum Gasteiger partial charge on any atom is -0.330 e. The van der Waals surface area contributed by atoms with E-state index in [9.17, 15) is 9.59 Å². The highest BCUT2D eigenvalue weighted by molar-refractivity contribution is 7.99. The largest absolute Gasteiger partial charge is 0.330 e. The molecule has 1 aliphatic rings. The average molecular weight is 485 g/mol. The molecule has 5 rings (SSSR count). The van der Waals surface area contributed by atoms with Crippen LogP contribution in [0.3, 0.4) is 0 Å². The molecule has 0 unspecified atom stereocenters. The van der Waals surface area contributed by atoms with Crippen molar-refractivity contribution in [3.8, 4) is 11.1 Å². The number of benzene rings is 3. The number of aromatic nitrogens is 2. The van der Waals surface area contributed by atoms with Crippen molar-refractivity contribution >= 4 is 40.3 Å². The van der Waals surface area contributed by atoms with Crippen LogP contribution < -0.4 is 5.32 Å². The molecule has 0 bridgehead atoms. The van der Waals surface area contributed by atoms with Crippen LogP contribution in [0.2, 0.25) is 0 Å². The number of amides is 2. The van der Waals surface area contributed by atoms with Crippen LogP contribution in [0.5, 0.6) is 0 Å². The summed E-state index contributed by atoms with van der Waals surface area (Å²) in [6.45, 7) is 0.615. The molecular formula is C28H28N4O2S. The summed E-state index contributed by atoms with van der Waals surface area (Å²) < 4.78 is 2.07. The quantitative estimate of drug-likeness (QED) is 0.396. The number of hydrogen-bond donors (Lipinski definition) is 1. The zero-order valence-electron chi connectivity index (χ0n) is 19.7. The molecule has 0 radical (unpaired) electrons. The van der Waals surface area contributed by atoms with Crippen molar-refractivity contribution in [3.63, 3.8) is 0 Å². The number of imidazole rings is 1. The van der Waals surface area contributed by atoms with Gasteiger partial charge in [0, 0.05) is 24.8 Å². The van der Waals surface area contributed by atoms with Crippen molar-refractivity contribution in [3.05, 3.63) is 84.7 Å². The fraction of sp³-hybridized carbons (Fsp3) is 0.250. The Hall–Kier alpha value is -3.58. The molecule has 1 fully saturated rings. The van der Waals surface area contributed by atoms with Crippen molar-refractivity contribution in [1.29, 1.82) is 0 Å². The SMILES string of the molecule is Cn1c(CSCC(=O)N2CCC[C@H]2C(=O)Nc2ccccc2-c2ccccc2)nc2ccccc21. The van der Waals surface area contributed by atoms with Crippen molar-refractivity contribution in [2.45, 2.75) is 24.6 Å². The van der Waals surface area contributed by atoms with E-state index in [1.54, 1.807) is 16.7 Å². The number of anilines is 1. The number of likely N-dealkylation sites (tertiary alicyclic amines) is 1. The number of nitrogens with zero attached hydrogens (tertiary/aromatic N) is 3. The Balaban J connectivity index is 1.22. The van der Waals surface area contributed by atoms with Crippen molar-refractivity contribution in [1.82, 2.24) is 14.5 Å². The van der Waals surface area contributed by atoms with Crippen LogP contribution in [0, 0.1) is 0 Å². The highest BCUT2D eigenvalue weighted by Gasteiger charge is 2.34. The fourth-order valence-corrected chi connectivity index (χ4v) is 5.54. The molecule has 1 aromatic heterocycles. The third-order valence-electron chi connectivity index (χ3n) is 6.48. The Morgan fingerprint density at radius 1 is 1.00 bits per heavy atom. The van der Waals surface area contributed by atoms with Crippen LogP contribution in [-0.4, -0.2) is 44.6 Å². The second kappa shape index (κ2) is 10.4. The summed E-state index contributed by atoms with van der Waals surface area (Å²) in [5, 5.41) is 3.09. The number of thioether (sulfide) groups is 1. The number of nitrogens with one attached hydrogen (secondary N) is 1. The molecular weight excluding hydrogens is 456 g/mol. The summed E-state index contributed by atoms with van der Waals surface area (Å²) in [5.41, 5.74) is 4.82. The minimum atomic E-state index is -0.442. The molecule has 1 atom stereocenters. The van der Waals surface area contributed by atoms with Crippen LogP contribution >= 0.6 is 11.8 Å². The zero-order valence-corrected chi connectivity index (χ0v) is 20.5. The van der Waals surface area contributed by atoms with Gasteiger partial charge in [0.25, 0.3) is 0 Å². The van der Waals surface area contributed by atoms with E-state index < -0.39 is 6.04 Å². The topological polar surface area (TPSA) is 67.2 Å². The van der Waals surface area contributed by atoms with Gasteiger partial charge >= 0.3 is 0 Å². The second-order valence-electron chi connectivity index (χ2n) is 8.71. The predicted octanol–water partition coefficient (Wildman–Crippen LogP) is 5.10. The van der Waals surface area contributed by atoms with Gasteiger partial charge < -0.3 is 14.8 Å². The summed E-state index contributed by atoms with van der Waals surface area (Å²) in [5.74, 6) is 1.79. The van der Waals surface area contributed by atoms with Gasteiger partial charge in [0.2, 0.25) is 11.8 Å². The van der Waals surface area contributed by atoms with Crippen LogP contribution in [0.15, 0.2) is 78.9 Å². The standard InChI is InChI=1S/C28H28N4O2S/c1-31-24-15-8-7-14-23(24)29-26(31)18-35-19-27(33)32-17-9-16-25(32)28(34)30-22-13-6-5-12-21(22)20-10-3-2-4-11-20/h2-8,10-15,25H,9,16-19H2,1H3,(H,30,34)/t25-/m0/s1. The zero-order chi connectivity index (χ0) is 24.2. The molecule has 0 spiro atoms. The number of aryl methyl sites for hydroxylation is 1. The lowest BCUT2D eigenvalue weighted by Gasteiger charge is -2.24. The molecule has 6 nitrogen and oxygen atoms in total. The highest BCUT2D eigenvalue weighted by Crippen LogP contribution is 2.29. The van der Waals surface area contributed by atoms with Crippen LogP contribution in [0.25, 0.3) is 22.2 Å². The van der Waals surface area contributed by atoms with Crippen LogP contribution in [0.1, 0.15) is 18.7 Å². The smallest absolute Gasteiger partial charge is 0.247 e. The van der Waals surface area contributed by atoms with Gasteiger partial charge in [-0.2, -0.15) is 0 Å². The van der Waals surface area contributed by atoms with Gasteiger partial charge in [0.05, 0.1) is 22.5 Å². The lowest BCUT2D eigenvalue weighted by Crippen LogP contribution is -2.44. The van der Waals surface area contributed by atoms with Crippen molar-refractivity contribution < 1.29 is 9.59 Å². The first-order chi connectivity index (χ1) is 17.1. The first-order valence-electron chi connectivity index (χ1n) is 11.8. The summed E-state index contributed by atoms with van der Waals surface area (Å²) in [4.78, 5) is 32.7. The minimum absolute atomic E-state index is 0.00255. The molecule has 35 heavy (non-hydrogen) atoms. The van der Waals surface area contributed by atoms with Gasteiger partial charge in [0.1, 0.15) is 11.9 Å². The molecule has 4 aromatic rings. The molecule has 1 N–H and O–H groups in total. The maximum Gasteiger partial charge on any atom is 0.247 e. The number of rotatable bonds is 7. The first-order valence-corrected chi connectivity index (χ1v) is 13.0. The van der Waals surface area contributed by atoms with E-state index >= 15 is 0 Å². The van der Waals surface area contributed by atoms with Gasteiger partial charge in [-0.3, -0.25) is 9.59 Å². The predicted molar refractivity (Wildman–Crippen MR) is 142 cm³/mol. The van der Waals surface area contributed by atoms with E-state index in [0.717, 1.165) is 40.1 Å². The van der Waals surface area contributed by atoms with E-state index in [-0.39, 0.29) is 11.8 Å². The number of carbonyl (C=O) groups excluding carboxylic acids is 2. The monoisotopic (exact) mass is 484 g/mol. The lowest BCUT2D eigenvalue weighted by molar-refractivity contribution is -0.134. The molecule has 1 saturated heterocycles. The number of para-hydroxylation sites is 3. The highest BCUT2D eigenvalue weighted by atomic mass is 32.2. The molecule has 0 saturated carbocycles. The summed E-state index contributed by atoms with van der Waals surface area (Å²) in [6, 6.07) is 25.4. The Bertz CT molecular complexity index is 1350. The number of carbonyl (C=O) groups is 2. The van der Waals surface area contributed by atoms with Gasteiger partial charge in [-0.15, -0.1) is 11.8 Å². The van der Waals surface area contributed by atoms with E-state index in [1.807, 2.05) is 85.9 Å². The summed E-state index contributed by atoms with van der Waals surface area (Å²) in [6.07, 6.45) is 1.51. The Labute approximate surface area is 209 Å². The first kappa shape index (κ1) is 23.2. The Kier molecular flexibility index (Phi) is 6.86. The Morgan fingerprint density at radius 2 is 1.74 bits per heavy atom. The van der Waals surface area contributed by atoms with E-state index in [4.69, 9.17) is 0 Å². The molecule has 7 heteroatoms. The van der Waals surface area contributed by atoms with Gasteiger partial charge in [-0.25, -0.2) is 4.98 Å². The summed E-state index contributed by atoms with van der Waals surface area (Å²) >= 11 is 1.54. The van der Waals surface area contributed by atoms with E-state index in [1.165, 1.54) is 0 Å². The molecule has 3 aromatic carbocycles. The summed E-state index contributed by atoms with van der Waals surface area (Å²) in [7, 11) is 2.00. The second-order valence-corrected chi connectivity index (χ2v) is 9.70. The third kappa shape index (κ3) is 4.95. The number of fused-ring (bicyclic) bond motifs is 1.